The Kier molecular flexibility index (Phi) is 4.25. The fourth-order valence-electron chi connectivity index (χ4n) is 3.61. The second-order valence-electron chi connectivity index (χ2n) is 5.79. The zero-order chi connectivity index (χ0) is 15.7. The van der Waals surface area contributed by atoms with Crippen LogP contribution in [0.4, 0.5) is 0 Å². The minimum Gasteiger partial charge on any atom is -0.497 e. The third kappa shape index (κ3) is 2.55. The molecule has 3 rings (SSSR count). The Bertz CT molecular complexity index is 642. The average molecular weight is 322 g/mol. The van der Waals surface area contributed by atoms with Gasteiger partial charge < -0.3 is 4.74 Å². The molecule has 120 valence electrons. The van der Waals surface area contributed by atoms with Crippen LogP contribution < -0.4 is 4.74 Å². The largest absolute Gasteiger partial charge is 0.497 e. The number of likely N-dealkylation sites (tertiary alicyclic amines) is 1. The SMILES string of the molecule is C=CCN1CC[C@H]2[C@H]1CCN2S(=O)(=O)c1ccc(OC)cc1. The molecular weight excluding hydrogens is 300 g/mol. The second-order valence-corrected chi connectivity index (χ2v) is 7.68. The summed E-state index contributed by atoms with van der Waals surface area (Å²) in [5.74, 6) is 0.663. The van der Waals surface area contributed by atoms with Gasteiger partial charge in [0.2, 0.25) is 10.0 Å². The number of benzene rings is 1. The van der Waals surface area contributed by atoms with Gasteiger partial charge in [0.25, 0.3) is 0 Å². The highest BCUT2D eigenvalue weighted by molar-refractivity contribution is 7.89. The summed E-state index contributed by atoms with van der Waals surface area (Å²) in [6.45, 7) is 6.15. The summed E-state index contributed by atoms with van der Waals surface area (Å²) >= 11 is 0. The fraction of sp³-hybridized carbons (Fsp3) is 0.500. The van der Waals surface area contributed by atoms with Crippen LogP contribution in [0, 0.1) is 0 Å². The van der Waals surface area contributed by atoms with Gasteiger partial charge in [0.15, 0.2) is 0 Å². The summed E-state index contributed by atoms with van der Waals surface area (Å²) in [6, 6.07) is 7.05. The van der Waals surface area contributed by atoms with Crippen molar-refractivity contribution in [2.75, 3.05) is 26.7 Å². The Morgan fingerprint density at radius 1 is 1.23 bits per heavy atom. The van der Waals surface area contributed by atoms with Crippen molar-refractivity contribution in [2.45, 2.75) is 29.8 Å². The van der Waals surface area contributed by atoms with Gasteiger partial charge in [-0.25, -0.2) is 8.42 Å². The van der Waals surface area contributed by atoms with E-state index in [0.717, 1.165) is 25.9 Å². The summed E-state index contributed by atoms with van der Waals surface area (Å²) in [5, 5.41) is 0. The molecule has 0 amide bonds. The molecule has 22 heavy (non-hydrogen) atoms. The molecule has 2 atom stereocenters. The molecule has 0 aromatic heterocycles. The van der Waals surface area contributed by atoms with E-state index in [0.29, 0.717) is 23.2 Å². The summed E-state index contributed by atoms with van der Waals surface area (Å²) < 4.78 is 32.6. The minimum atomic E-state index is -3.43. The summed E-state index contributed by atoms with van der Waals surface area (Å²) in [7, 11) is -1.86. The first-order valence-corrected chi connectivity index (χ1v) is 9.03. The Hall–Kier alpha value is -1.37. The van der Waals surface area contributed by atoms with Crippen molar-refractivity contribution < 1.29 is 13.2 Å². The zero-order valence-corrected chi connectivity index (χ0v) is 13.6. The fourth-order valence-corrected chi connectivity index (χ4v) is 5.31. The summed E-state index contributed by atoms with van der Waals surface area (Å²) in [6.07, 6.45) is 3.69. The van der Waals surface area contributed by atoms with Gasteiger partial charge in [-0.1, -0.05) is 6.08 Å². The number of hydrogen-bond donors (Lipinski definition) is 0. The van der Waals surface area contributed by atoms with Crippen LogP contribution in [0.1, 0.15) is 12.8 Å². The molecule has 2 fully saturated rings. The lowest BCUT2D eigenvalue weighted by atomic mass is 10.1. The number of ether oxygens (including phenoxy) is 1. The maximum Gasteiger partial charge on any atom is 0.243 e. The number of sulfonamides is 1. The molecule has 5 nitrogen and oxygen atoms in total. The first-order chi connectivity index (χ1) is 10.6. The van der Waals surface area contributed by atoms with E-state index >= 15 is 0 Å². The van der Waals surface area contributed by atoms with Gasteiger partial charge in [-0.2, -0.15) is 4.31 Å². The molecule has 0 bridgehead atoms. The number of rotatable bonds is 5. The molecule has 0 radical (unpaired) electrons. The molecule has 0 spiro atoms. The Labute approximate surface area is 132 Å². The van der Waals surface area contributed by atoms with Gasteiger partial charge in [0.1, 0.15) is 5.75 Å². The van der Waals surface area contributed by atoms with E-state index < -0.39 is 10.0 Å². The molecule has 0 N–H and O–H groups in total. The molecule has 1 aromatic rings. The predicted octanol–water partition coefficient (Wildman–Crippen LogP) is 1.72. The third-order valence-electron chi connectivity index (χ3n) is 4.67. The van der Waals surface area contributed by atoms with Gasteiger partial charge in [-0.3, -0.25) is 4.90 Å². The first-order valence-electron chi connectivity index (χ1n) is 7.59. The van der Waals surface area contributed by atoms with E-state index in [1.54, 1.807) is 35.7 Å². The van der Waals surface area contributed by atoms with Gasteiger partial charge >= 0.3 is 0 Å². The quantitative estimate of drug-likeness (QED) is 0.775. The van der Waals surface area contributed by atoms with Crippen molar-refractivity contribution in [3.05, 3.63) is 36.9 Å². The van der Waals surface area contributed by atoms with Gasteiger partial charge in [0, 0.05) is 31.7 Å². The van der Waals surface area contributed by atoms with Crippen molar-refractivity contribution in [3.8, 4) is 5.75 Å². The van der Waals surface area contributed by atoms with Gasteiger partial charge in [0.05, 0.1) is 12.0 Å². The molecule has 2 heterocycles. The summed E-state index contributed by atoms with van der Waals surface area (Å²) in [5.41, 5.74) is 0. The second kappa shape index (κ2) is 6.02. The van der Waals surface area contributed by atoms with Crippen LogP contribution in [0.2, 0.25) is 0 Å². The lowest BCUT2D eigenvalue weighted by Crippen LogP contribution is -2.39. The number of hydrogen-bond acceptors (Lipinski definition) is 4. The molecule has 0 saturated carbocycles. The third-order valence-corrected chi connectivity index (χ3v) is 6.61. The van der Waals surface area contributed by atoms with Crippen molar-refractivity contribution in [3.63, 3.8) is 0 Å². The van der Waals surface area contributed by atoms with Crippen LogP contribution in [-0.4, -0.2) is 56.5 Å². The highest BCUT2D eigenvalue weighted by atomic mass is 32.2. The number of methoxy groups -OCH3 is 1. The molecule has 2 aliphatic heterocycles. The van der Waals surface area contributed by atoms with Crippen molar-refractivity contribution in [1.82, 2.24) is 9.21 Å². The minimum absolute atomic E-state index is 0.0899. The molecule has 2 aliphatic rings. The van der Waals surface area contributed by atoms with Crippen LogP contribution in [0.5, 0.6) is 5.75 Å². The monoisotopic (exact) mass is 322 g/mol. The van der Waals surface area contributed by atoms with E-state index in [9.17, 15) is 8.42 Å². The van der Waals surface area contributed by atoms with Crippen molar-refractivity contribution in [1.29, 1.82) is 0 Å². The topological polar surface area (TPSA) is 49.9 Å². The molecule has 0 unspecified atom stereocenters. The first kappa shape index (κ1) is 15.5. The van der Waals surface area contributed by atoms with E-state index in [4.69, 9.17) is 4.74 Å². The van der Waals surface area contributed by atoms with Crippen LogP contribution >= 0.6 is 0 Å². The number of fused-ring (bicyclic) bond motifs is 1. The maximum atomic E-state index is 12.9. The van der Waals surface area contributed by atoms with E-state index in [2.05, 4.69) is 11.5 Å². The standard InChI is InChI=1S/C16H22N2O3S/c1-3-10-17-11-8-16-15(17)9-12-18(16)22(19,20)14-6-4-13(21-2)5-7-14/h3-7,15-16H,1,8-12H2,2H3/t15-,16+/m1/s1. The lowest BCUT2D eigenvalue weighted by molar-refractivity contribution is 0.273. The highest BCUT2D eigenvalue weighted by Gasteiger charge is 2.46. The highest BCUT2D eigenvalue weighted by Crippen LogP contribution is 2.35. The van der Waals surface area contributed by atoms with Crippen molar-refractivity contribution >= 4 is 10.0 Å². The van der Waals surface area contributed by atoms with E-state index in [1.165, 1.54) is 0 Å². The molecular formula is C16H22N2O3S. The van der Waals surface area contributed by atoms with Crippen LogP contribution in [0.3, 0.4) is 0 Å². The maximum absolute atomic E-state index is 12.9. The molecule has 6 heteroatoms. The Balaban J connectivity index is 1.82. The predicted molar refractivity (Wildman–Crippen MR) is 85.5 cm³/mol. The van der Waals surface area contributed by atoms with E-state index in [-0.39, 0.29) is 6.04 Å². The van der Waals surface area contributed by atoms with Crippen LogP contribution in [0.15, 0.2) is 41.8 Å². The Morgan fingerprint density at radius 2 is 1.91 bits per heavy atom. The normalized spacial score (nSPS) is 26.0. The smallest absolute Gasteiger partial charge is 0.243 e. The summed E-state index contributed by atoms with van der Waals surface area (Å²) in [4.78, 5) is 2.68. The average Bonchev–Trinajstić information content (AvgIpc) is 3.11. The van der Waals surface area contributed by atoms with Crippen molar-refractivity contribution in [2.24, 2.45) is 0 Å². The van der Waals surface area contributed by atoms with E-state index in [1.807, 2.05) is 6.08 Å². The zero-order valence-electron chi connectivity index (χ0n) is 12.8. The molecule has 2 saturated heterocycles. The number of nitrogens with zero attached hydrogens (tertiary/aromatic N) is 2. The lowest BCUT2D eigenvalue weighted by Gasteiger charge is -2.24. The molecule has 1 aromatic carbocycles. The Morgan fingerprint density at radius 3 is 2.55 bits per heavy atom. The molecule has 0 aliphatic carbocycles. The van der Waals surface area contributed by atoms with Crippen LogP contribution in [-0.2, 0) is 10.0 Å². The van der Waals surface area contributed by atoms with Crippen LogP contribution in [0.25, 0.3) is 0 Å². The van der Waals surface area contributed by atoms with Gasteiger partial charge in [-0.05, 0) is 37.1 Å². The van der Waals surface area contributed by atoms with Gasteiger partial charge in [-0.15, -0.1) is 6.58 Å².